The van der Waals surface area contributed by atoms with Crippen LogP contribution in [0.25, 0.3) is 0 Å². The van der Waals surface area contributed by atoms with E-state index in [4.69, 9.17) is 5.11 Å². The van der Waals surface area contributed by atoms with Crippen LogP contribution in [0.4, 0.5) is 26.3 Å². The van der Waals surface area contributed by atoms with Gasteiger partial charge in [-0.3, -0.25) is 0 Å². The number of thioether (sulfide) groups is 1. The van der Waals surface area contributed by atoms with Gasteiger partial charge in [-0.25, -0.2) is 4.79 Å². The number of rotatable bonds is 3. The maximum absolute atomic E-state index is 12.1. The van der Waals surface area contributed by atoms with E-state index in [2.05, 4.69) is 4.74 Å². The lowest BCUT2D eigenvalue weighted by molar-refractivity contribution is -0.274. The SMILES string of the molecule is O=C(O)c1cc(SC(F)(F)F)ccc1OC(F)(F)F. The molecule has 1 rings (SSSR count). The van der Waals surface area contributed by atoms with Gasteiger partial charge in [0, 0.05) is 4.90 Å². The van der Waals surface area contributed by atoms with Crippen molar-refractivity contribution in [1.82, 2.24) is 0 Å². The summed E-state index contributed by atoms with van der Waals surface area (Å²) in [6.45, 7) is 0. The average molecular weight is 306 g/mol. The van der Waals surface area contributed by atoms with Gasteiger partial charge in [-0.15, -0.1) is 13.2 Å². The van der Waals surface area contributed by atoms with Gasteiger partial charge in [-0.05, 0) is 30.0 Å². The van der Waals surface area contributed by atoms with Crippen LogP contribution in [0.15, 0.2) is 23.1 Å². The summed E-state index contributed by atoms with van der Waals surface area (Å²) in [6.07, 6.45) is -5.14. The molecule has 0 aliphatic carbocycles. The molecule has 0 spiro atoms. The average Bonchev–Trinajstić information content (AvgIpc) is 2.15. The van der Waals surface area contributed by atoms with Gasteiger partial charge in [0.2, 0.25) is 0 Å². The Morgan fingerprint density at radius 1 is 1.16 bits per heavy atom. The Hall–Kier alpha value is -1.58. The minimum Gasteiger partial charge on any atom is -0.478 e. The quantitative estimate of drug-likeness (QED) is 0.679. The van der Waals surface area contributed by atoms with E-state index in [-0.39, 0.29) is 0 Å². The zero-order valence-corrected chi connectivity index (χ0v) is 9.49. The number of hydrogen-bond donors (Lipinski definition) is 1. The molecule has 1 N–H and O–H groups in total. The molecule has 0 heterocycles. The summed E-state index contributed by atoms with van der Waals surface area (Å²) in [5, 5.41) is 8.65. The number of benzene rings is 1. The van der Waals surface area contributed by atoms with Gasteiger partial charge in [0.1, 0.15) is 11.3 Å². The molecule has 1 aromatic carbocycles. The van der Waals surface area contributed by atoms with E-state index in [1.54, 1.807) is 0 Å². The second kappa shape index (κ2) is 5.19. The Labute approximate surface area is 106 Å². The van der Waals surface area contributed by atoms with Crippen LogP contribution in [0.1, 0.15) is 10.4 Å². The number of carbonyl (C=O) groups is 1. The molecule has 0 radical (unpaired) electrons. The minimum absolute atomic E-state index is 0.460. The number of ether oxygens (including phenoxy) is 1. The van der Waals surface area contributed by atoms with Gasteiger partial charge >= 0.3 is 17.8 Å². The van der Waals surface area contributed by atoms with Gasteiger partial charge in [-0.1, -0.05) is 0 Å². The molecule has 0 aromatic heterocycles. The van der Waals surface area contributed by atoms with E-state index < -0.39 is 45.8 Å². The second-order valence-corrected chi connectivity index (χ2v) is 4.20. The van der Waals surface area contributed by atoms with Crippen LogP contribution in [0, 0.1) is 0 Å². The third kappa shape index (κ3) is 5.28. The van der Waals surface area contributed by atoms with Gasteiger partial charge < -0.3 is 9.84 Å². The first-order chi connectivity index (χ1) is 8.48. The highest BCUT2D eigenvalue weighted by molar-refractivity contribution is 8.00. The Balaban J connectivity index is 3.12. The molecular weight excluding hydrogens is 302 g/mol. The number of alkyl halides is 6. The predicted octanol–water partition coefficient (Wildman–Crippen LogP) is 3.90. The largest absolute Gasteiger partial charge is 0.573 e. The standard InChI is InChI=1S/C9H4F6O3S/c10-8(11,12)18-6-2-1-4(19-9(13,14)15)3-5(6)7(16)17/h1-3H,(H,16,17). The van der Waals surface area contributed by atoms with Crippen LogP contribution in [0.5, 0.6) is 5.75 Å². The van der Waals surface area contributed by atoms with Crippen LogP contribution in [0.2, 0.25) is 0 Å². The van der Waals surface area contributed by atoms with Gasteiger partial charge in [0.05, 0.1) is 0 Å². The van der Waals surface area contributed by atoms with Crippen molar-refractivity contribution >= 4 is 17.7 Å². The highest BCUT2D eigenvalue weighted by Gasteiger charge is 2.34. The van der Waals surface area contributed by atoms with Crippen molar-refractivity contribution in [3.63, 3.8) is 0 Å². The maximum Gasteiger partial charge on any atom is 0.573 e. The monoisotopic (exact) mass is 306 g/mol. The maximum atomic E-state index is 12.1. The van der Waals surface area contributed by atoms with Crippen LogP contribution < -0.4 is 4.74 Å². The summed E-state index contributed by atoms with van der Waals surface area (Å²) in [5.74, 6) is -2.91. The third-order valence-electron chi connectivity index (χ3n) is 1.64. The molecular formula is C9H4F6O3S. The summed E-state index contributed by atoms with van der Waals surface area (Å²) < 4.78 is 75.4. The van der Waals surface area contributed by atoms with Crippen LogP contribution in [-0.4, -0.2) is 22.9 Å². The Morgan fingerprint density at radius 2 is 1.74 bits per heavy atom. The normalized spacial score (nSPS) is 12.3. The fourth-order valence-corrected chi connectivity index (χ4v) is 1.67. The van der Waals surface area contributed by atoms with Crippen molar-refractivity contribution in [2.24, 2.45) is 0 Å². The zero-order chi connectivity index (χ0) is 14.8. The van der Waals surface area contributed by atoms with Crippen LogP contribution in [-0.2, 0) is 0 Å². The molecule has 0 aliphatic rings. The van der Waals surface area contributed by atoms with E-state index in [9.17, 15) is 31.1 Å². The summed E-state index contributed by atoms with van der Waals surface area (Å²) >= 11 is -0.641. The molecule has 19 heavy (non-hydrogen) atoms. The topological polar surface area (TPSA) is 46.5 Å². The molecule has 0 bridgehead atoms. The molecule has 10 heteroatoms. The number of carboxylic acid groups (broad SMARTS) is 1. The molecule has 0 saturated heterocycles. The third-order valence-corrected chi connectivity index (χ3v) is 2.36. The molecule has 0 amide bonds. The highest BCUT2D eigenvalue weighted by Crippen LogP contribution is 2.39. The van der Waals surface area contributed by atoms with E-state index in [1.165, 1.54) is 0 Å². The van der Waals surface area contributed by atoms with Crippen molar-refractivity contribution in [2.75, 3.05) is 0 Å². The number of carboxylic acids is 1. The number of aromatic carboxylic acids is 1. The van der Waals surface area contributed by atoms with Gasteiger partial charge in [0.15, 0.2) is 0 Å². The predicted molar refractivity (Wildman–Crippen MR) is 52.0 cm³/mol. The number of halogens is 6. The van der Waals surface area contributed by atoms with E-state index in [0.717, 1.165) is 0 Å². The molecule has 1 aromatic rings. The van der Waals surface area contributed by atoms with E-state index in [0.29, 0.717) is 18.2 Å². The highest BCUT2D eigenvalue weighted by atomic mass is 32.2. The lowest BCUT2D eigenvalue weighted by atomic mass is 10.2. The smallest absolute Gasteiger partial charge is 0.478 e. The van der Waals surface area contributed by atoms with E-state index in [1.807, 2.05) is 0 Å². The molecule has 0 atom stereocenters. The summed E-state index contributed by atoms with van der Waals surface area (Å²) in [6, 6.07) is 1.66. The molecule has 0 unspecified atom stereocenters. The first kappa shape index (κ1) is 15.5. The Bertz CT molecular complexity index is 482. The van der Waals surface area contributed by atoms with Crippen molar-refractivity contribution in [3.8, 4) is 5.75 Å². The second-order valence-electron chi connectivity index (χ2n) is 3.06. The van der Waals surface area contributed by atoms with Gasteiger partial charge in [0.25, 0.3) is 0 Å². The first-order valence-electron chi connectivity index (χ1n) is 4.37. The summed E-state index contributed by atoms with van der Waals surface area (Å²) in [5.41, 5.74) is -5.69. The summed E-state index contributed by atoms with van der Waals surface area (Å²) in [4.78, 5) is 10.1. The fraction of sp³-hybridized carbons (Fsp3) is 0.222. The van der Waals surface area contributed by atoms with E-state index >= 15 is 0 Å². The van der Waals surface area contributed by atoms with Crippen molar-refractivity contribution < 1.29 is 41.0 Å². The molecule has 106 valence electrons. The molecule has 3 nitrogen and oxygen atoms in total. The van der Waals surface area contributed by atoms with Gasteiger partial charge in [-0.2, -0.15) is 13.2 Å². The minimum atomic E-state index is -5.14. The lowest BCUT2D eigenvalue weighted by Crippen LogP contribution is -2.19. The van der Waals surface area contributed by atoms with Crippen LogP contribution >= 0.6 is 11.8 Å². The molecule has 0 saturated carbocycles. The summed E-state index contributed by atoms with van der Waals surface area (Å²) in [7, 11) is 0. The molecule has 0 aliphatic heterocycles. The lowest BCUT2D eigenvalue weighted by Gasteiger charge is -2.12. The number of hydrogen-bond acceptors (Lipinski definition) is 3. The zero-order valence-electron chi connectivity index (χ0n) is 8.67. The van der Waals surface area contributed by atoms with Crippen LogP contribution in [0.3, 0.4) is 0 Å². The fourth-order valence-electron chi connectivity index (χ4n) is 1.09. The van der Waals surface area contributed by atoms with Crippen molar-refractivity contribution in [1.29, 1.82) is 0 Å². The Morgan fingerprint density at radius 3 is 2.16 bits per heavy atom. The first-order valence-corrected chi connectivity index (χ1v) is 5.18. The van der Waals surface area contributed by atoms with Crippen molar-refractivity contribution in [3.05, 3.63) is 23.8 Å². The van der Waals surface area contributed by atoms with Crippen molar-refractivity contribution in [2.45, 2.75) is 16.8 Å². The Kier molecular flexibility index (Phi) is 4.23. The molecule has 0 fully saturated rings.